The molecule has 6 N–H and O–H groups in total. The van der Waals surface area contributed by atoms with Crippen molar-refractivity contribution >= 4 is 29.6 Å². The Morgan fingerprint density at radius 1 is 0.829 bits per heavy atom. The molecule has 0 bridgehead atoms. The van der Waals surface area contributed by atoms with Crippen LogP contribution in [0.2, 0.25) is 0 Å². The summed E-state index contributed by atoms with van der Waals surface area (Å²) in [5, 5.41) is 58.5. The highest BCUT2D eigenvalue weighted by molar-refractivity contribution is 5.98. The van der Waals surface area contributed by atoms with E-state index in [0.29, 0.717) is 36.4 Å². The van der Waals surface area contributed by atoms with E-state index in [1.54, 1.807) is 45.9 Å². The van der Waals surface area contributed by atoms with Crippen molar-refractivity contribution in [2.24, 2.45) is 23.7 Å². The van der Waals surface area contributed by atoms with E-state index in [4.69, 9.17) is 33.5 Å². The molecular formula is C65H92O17. The number of aliphatic hydroxyl groups excluding tert-OH is 4. The van der Waals surface area contributed by atoms with Crippen molar-refractivity contribution in [2.75, 3.05) is 33.5 Å². The molecule has 0 aliphatic carbocycles. The maximum absolute atomic E-state index is 12.7. The number of carbonyl (C=O) groups excluding carboxylic acids is 4. The summed E-state index contributed by atoms with van der Waals surface area (Å²) in [6.07, 6.45) is 10.3. The molecule has 0 amide bonds. The van der Waals surface area contributed by atoms with Gasteiger partial charge in [0, 0.05) is 29.5 Å². The van der Waals surface area contributed by atoms with Gasteiger partial charge >= 0.3 is 11.9 Å². The van der Waals surface area contributed by atoms with Gasteiger partial charge in [-0.2, -0.15) is 0 Å². The number of ether oxygens (including phenoxy) is 7. The Bertz CT molecular complexity index is 2660. The van der Waals surface area contributed by atoms with Gasteiger partial charge < -0.3 is 63.8 Å². The lowest BCUT2D eigenvalue weighted by Gasteiger charge is -2.24. The third-order valence-corrected chi connectivity index (χ3v) is 13.9. The monoisotopic (exact) mass is 1140 g/mol. The van der Waals surface area contributed by atoms with Gasteiger partial charge in [-0.15, -0.1) is 0 Å². The largest absolute Gasteiger partial charge is 0.507 e. The van der Waals surface area contributed by atoms with Crippen LogP contribution in [0.4, 0.5) is 0 Å². The van der Waals surface area contributed by atoms with Crippen molar-refractivity contribution in [3.05, 3.63) is 131 Å². The van der Waals surface area contributed by atoms with E-state index >= 15 is 0 Å². The summed E-state index contributed by atoms with van der Waals surface area (Å²) in [5.74, 6) is -0.501. The fraction of sp³-hybridized carbons (Fsp3) is 0.508. The summed E-state index contributed by atoms with van der Waals surface area (Å²) in [5.41, 5.74) is 3.64. The molecule has 82 heavy (non-hydrogen) atoms. The predicted molar refractivity (Wildman–Crippen MR) is 318 cm³/mol. The fourth-order valence-electron chi connectivity index (χ4n) is 8.81. The lowest BCUT2D eigenvalue weighted by Crippen LogP contribution is -2.32. The molecule has 1 saturated heterocycles. The van der Waals surface area contributed by atoms with Gasteiger partial charge in [0.05, 0.1) is 32.0 Å². The molecule has 1 fully saturated rings. The fourth-order valence-corrected chi connectivity index (χ4v) is 8.81. The van der Waals surface area contributed by atoms with Crippen LogP contribution in [0.15, 0.2) is 92.1 Å². The predicted octanol–water partition coefficient (Wildman–Crippen LogP) is 10.9. The van der Waals surface area contributed by atoms with Crippen LogP contribution in [0.25, 0.3) is 6.08 Å². The van der Waals surface area contributed by atoms with Crippen molar-refractivity contribution in [1.82, 2.24) is 0 Å². The first-order valence-corrected chi connectivity index (χ1v) is 27.4. The quantitative estimate of drug-likeness (QED) is 0.0349. The average Bonchev–Trinajstić information content (AvgIpc) is 3.74. The van der Waals surface area contributed by atoms with Crippen LogP contribution in [0.5, 0.6) is 28.7 Å². The van der Waals surface area contributed by atoms with Crippen molar-refractivity contribution in [3.63, 3.8) is 0 Å². The Hall–Kier alpha value is -6.60. The number of methoxy groups -OCH3 is 1. The van der Waals surface area contributed by atoms with E-state index < -0.39 is 60.3 Å². The molecule has 2 heterocycles. The second-order valence-corrected chi connectivity index (χ2v) is 21.5. The number of aryl methyl sites for hydroxylation is 2. The second kappa shape index (κ2) is 34.1. The highest BCUT2D eigenvalue weighted by Gasteiger charge is 2.43. The second-order valence-electron chi connectivity index (χ2n) is 21.5. The Kier molecular flexibility index (Phi) is 29.7. The Balaban J connectivity index is 0.000000442. The molecule has 2 aliphatic rings. The number of hydrogen-bond donors (Lipinski definition) is 6. The summed E-state index contributed by atoms with van der Waals surface area (Å²) in [4.78, 5) is 48.6. The first-order chi connectivity index (χ1) is 38.1. The molecule has 17 heteroatoms. The van der Waals surface area contributed by atoms with Gasteiger partial charge in [0.15, 0.2) is 17.4 Å². The van der Waals surface area contributed by atoms with Crippen LogP contribution >= 0.6 is 0 Å². The molecule has 2 aliphatic heterocycles. The van der Waals surface area contributed by atoms with Crippen molar-refractivity contribution in [3.8, 4) is 28.7 Å². The topological polar surface area (TPSA) is 254 Å². The molecule has 0 spiro atoms. The number of phenols is 2. The van der Waals surface area contributed by atoms with E-state index in [1.165, 1.54) is 43.5 Å². The van der Waals surface area contributed by atoms with Gasteiger partial charge in [-0.3, -0.25) is 9.59 Å². The van der Waals surface area contributed by atoms with Gasteiger partial charge in [-0.05, 0) is 131 Å². The van der Waals surface area contributed by atoms with Crippen LogP contribution in [-0.4, -0.2) is 130 Å². The lowest BCUT2D eigenvalue weighted by molar-refractivity contribution is -0.149. The summed E-state index contributed by atoms with van der Waals surface area (Å²) in [6.45, 7) is 31.1. The SMILES string of the molecule is C.C=CCOc1cc(C)c(C(=O)OC)c(O)c1.C=CCOc1cc(C)c(C(C)=O)c(C(C)CCC2OC(C)(C)OC2C(C)/C=C\[C@@H](C)C(C)C)c1.C[C@@H]1/C=C\C(=O)[C@@H](O)[C@@H](O)C/C=C/c2cc(OCC(O)CO)cc(O)c2C(=O)O[C@H]1C. The Labute approximate surface area is 485 Å². The number of allylic oxidation sites excluding steroid dienone is 1. The summed E-state index contributed by atoms with van der Waals surface area (Å²) < 4.78 is 39.1. The summed E-state index contributed by atoms with van der Waals surface area (Å²) >= 11 is 0. The molecule has 5 unspecified atom stereocenters. The number of cyclic esters (lactones) is 1. The zero-order valence-corrected chi connectivity index (χ0v) is 49.5. The van der Waals surface area contributed by atoms with Gasteiger partial charge in [0.25, 0.3) is 0 Å². The van der Waals surface area contributed by atoms with E-state index in [9.17, 15) is 44.7 Å². The van der Waals surface area contributed by atoms with Gasteiger partial charge in [-0.25, -0.2) is 9.59 Å². The maximum atomic E-state index is 12.7. The zero-order chi connectivity index (χ0) is 60.9. The summed E-state index contributed by atoms with van der Waals surface area (Å²) in [6, 6.07) is 9.61. The van der Waals surface area contributed by atoms with Crippen molar-refractivity contribution in [1.29, 1.82) is 0 Å². The number of benzene rings is 3. The first kappa shape index (κ1) is 71.5. The molecule has 0 radical (unpaired) electrons. The van der Waals surface area contributed by atoms with Crippen molar-refractivity contribution in [2.45, 2.75) is 158 Å². The molecule has 0 saturated carbocycles. The number of hydrogen-bond acceptors (Lipinski definition) is 17. The van der Waals surface area contributed by atoms with Crippen LogP contribution < -0.4 is 14.2 Å². The molecule has 454 valence electrons. The minimum Gasteiger partial charge on any atom is -0.507 e. The Morgan fingerprint density at radius 3 is 1.98 bits per heavy atom. The smallest absolute Gasteiger partial charge is 0.342 e. The number of aromatic hydroxyl groups is 2. The third-order valence-electron chi connectivity index (χ3n) is 13.9. The van der Waals surface area contributed by atoms with Crippen LogP contribution in [0.3, 0.4) is 0 Å². The number of ketones is 2. The highest BCUT2D eigenvalue weighted by Crippen LogP contribution is 2.39. The summed E-state index contributed by atoms with van der Waals surface area (Å²) in [7, 11) is 1.27. The molecule has 10 atom stereocenters. The molecular weight excluding hydrogens is 1050 g/mol. The minimum atomic E-state index is -1.61. The standard InChI is InChI=1S/C30H46O4.C22H28O9.C12H14O4.CH4/c1-11-16-32-25-17-23(7)28(24(8)31)26(18-25)21(5)14-15-27-29(34-30(9,10)33-27)22(6)13-12-20(4)19(2)3;1-12-6-7-18(26)21(28)17(25)5-3-4-14-8-16(30-11-15(24)10-23)9-19(27)20(14)22(29)31-13(12)2;1-4-5-16-9-6-8(2)11(10(13)7-9)12(14)15-3;/h11-13,17-22,27,29H,1,14-16H2,2-10H3;3-4,6-9,12-13,15,17,21,23-25,27-28H,5,10-11H2,1-2H3;4,6-7,13H,1,5H2,2-3H3;1H4/b13-12-;4-3+,7-6-;;/t20-,21?,22?,27?,29?;12-,13+,15?,17+,21+;;/m11../s1. The number of carbonyl (C=O) groups is 4. The Morgan fingerprint density at radius 2 is 1.41 bits per heavy atom. The van der Waals surface area contributed by atoms with Gasteiger partial charge in [0.1, 0.15) is 78.0 Å². The number of phenolic OH excluding ortho intramolecular Hbond substituents is 2. The molecule has 3 aromatic carbocycles. The van der Waals surface area contributed by atoms with Gasteiger partial charge in [-0.1, -0.05) is 105 Å². The molecule has 5 rings (SSSR count). The van der Waals surface area contributed by atoms with Crippen LogP contribution in [-0.2, 0) is 23.7 Å². The molecule has 0 aromatic heterocycles. The maximum Gasteiger partial charge on any atom is 0.342 e. The lowest BCUT2D eigenvalue weighted by atomic mass is 9.85. The average molecular weight is 1150 g/mol. The van der Waals surface area contributed by atoms with E-state index in [1.807, 2.05) is 32.9 Å². The highest BCUT2D eigenvalue weighted by atomic mass is 16.8. The van der Waals surface area contributed by atoms with Crippen LogP contribution in [0, 0.1) is 37.5 Å². The normalized spacial score (nSPS) is 21.9. The number of fused-ring (bicyclic) bond motifs is 1. The zero-order valence-electron chi connectivity index (χ0n) is 49.5. The van der Waals surface area contributed by atoms with E-state index in [2.05, 4.69) is 64.7 Å². The minimum absolute atomic E-state index is 0. The third kappa shape index (κ3) is 21.6. The number of aliphatic hydroxyl groups is 4. The van der Waals surface area contributed by atoms with Gasteiger partial charge in [0.2, 0.25) is 0 Å². The van der Waals surface area contributed by atoms with E-state index in [-0.39, 0.29) is 84.4 Å². The number of esters is 2. The number of Topliss-reactive ketones (excluding diaryl/α,β-unsaturated/α-hetero) is 1. The van der Waals surface area contributed by atoms with Crippen molar-refractivity contribution < 1.29 is 83.0 Å². The first-order valence-electron chi connectivity index (χ1n) is 27.4. The van der Waals surface area contributed by atoms with E-state index in [0.717, 1.165) is 41.4 Å². The number of rotatable bonds is 20. The van der Waals surface area contributed by atoms with Crippen LogP contribution in [0.1, 0.15) is 155 Å². The molecule has 3 aromatic rings. The molecule has 17 nitrogen and oxygen atoms in total.